The van der Waals surface area contributed by atoms with Crippen molar-refractivity contribution in [2.24, 2.45) is 0 Å². The van der Waals surface area contributed by atoms with E-state index in [0.29, 0.717) is 25.2 Å². The number of hydrogen-bond acceptors (Lipinski definition) is 6. The maximum absolute atomic E-state index is 14.2. The van der Waals surface area contributed by atoms with Gasteiger partial charge in [-0.3, -0.25) is 13.9 Å². The standard InChI is InChI=1S/C29H25N5OS3/c1-16-9-7-10-17(2)23(16)33-26-25(38-29(33)36)27(35)34(24-18(3)11-8-12-19(24)4)28(32-26)37-15-22-30-20-13-5-6-14-21(20)31-22/h5-14H,15H2,1-4H3,(H,30,31). The first-order valence-corrected chi connectivity index (χ1v) is 14.4. The first kappa shape index (κ1) is 24.8. The fraction of sp³-hybridized carbons (Fsp3) is 0.172. The predicted molar refractivity (Wildman–Crippen MR) is 160 cm³/mol. The van der Waals surface area contributed by atoms with E-state index in [9.17, 15) is 4.79 Å². The molecule has 38 heavy (non-hydrogen) atoms. The minimum atomic E-state index is -0.111. The van der Waals surface area contributed by atoms with Crippen LogP contribution in [0.15, 0.2) is 70.6 Å². The molecule has 0 aliphatic heterocycles. The fourth-order valence-electron chi connectivity index (χ4n) is 4.95. The Hall–Kier alpha value is -3.53. The average molecular weight is 556 g/mol. The zero-order valence-corrected chi connectivity index (χ0v) is 23.9. The van der Waals surface area contributed by atoms with Gasteiger partial charge in [-0.1, -0.05) is 71.6 Å². The summed E-state index contributed by atoms with van der Waals surface area (Å²) in [6.45, 7) is 8.17. The number of hydrogen-bond donors (Lipinski definition) is 1. The molecule has 0 saturated heterocycles. The molecule has 0 spiro atoms. The summed E-state index contributed by atoms with van der Waals surface area (Å²) in [5, 5.41) is 0.605. The molecule has 6 nitrogen and oxygen atoms in total. The van der Waals surface area contributed by atoms with Gasteiger partial charge in [-0.2, -0.15) is 0 Å². The summed E-state index contributed by atoms with van der Waals surface area (Å²) in [4.78, 5) is 27.5. The van der Waals surface area contributed by atoms with E-state index in [4.69, 9.17) is 22.2 Å². The number of para-hydroxylation sites is 4. The Morgan fingerprint density at radius 3 is 2.08 bits per heavy atom. The first-order chi connectivity index (χ1) is 18.3. The number of nitrogens with one attached hydrogen (secondary N) is 1. The summed E-state index contributed by atoms with van der Waals surface area (Å²) < 4.78 is 4.87. The Morgan fingerprint density at radius 1 is 0.842 bits per heavy atom. The molecule has 0 bridgehead atoms. The van der Waals surface area contributed by atoms with Gasteiger partial charge in [0.25, 0.3) is 5.56 Å². The van der Waals surface area contributed by atoms with Gasteiger partial charge in [-0.15, -0.1) is 0 Å². The summed E-state index contributed by atoms with van der Waals surface area (Å²) in [5.74, 6) is 1.36. The molecule has 0 aliphatic carbocycles. The Labute approximate surface area is 233 Å². The van der Waals surface area contributed by atoms with E-state index < -0.39 is 0 Å². The van der Waals surface area contributed by atoms with Crippen LogP contribution in [0.3, 0.4) is 0 Å². The van der Waals surface area contributed by atoms with Gasteiger partial charge in [-0.05, 0) is 74.3 Å². The van der Waals surface area contributed by atoms with Crippen molar-refractivity contribution in [3.63, 3.8) is 0 Å². The molecule has 6 rings (SSSR count). The van der Waals surface area contributed by atoms with Crippen LogP contribution in [0.1, 0.15) is 28.1 Å². The van der Waals surface area contributed by atoms with Gasteiger partial charge in [0.15, 0.2) is 14.8 Å². The summed E-state index contributed by atoms with van der Waals surface area (Å²) in [6, 6.07) is 20.2. The number of fused-ring (bicyclic) bond motifs is 2. The monoisotopic (exact) mass is 555 g/mol. The minimum Gasteiger partial charge on any atom is -0.341 e. The lowest BCUT2D eigenvalue weighted by atomic mass is 10.1. The molecule has 3 heterocycles. The highest BCUT2D eigenvalue weighted by Crippen LogP contribution is 2.32. The topological polar surface area (TPSA) is 68.5 Å². The zero-order chi connectivity index (χ0) is 26.6. The van der Waals surface area contributed by atoms with Gasteiger partial charge in [0.1, 0.15) is 10.5 Å². The molecule has 3 aromatic heterocycles. The summed E-state index contributed by atoms with van der Waals surface area (Å²) in [5.41, 5.74) is 8.41. The number of aromatic amines is 1. The van der Waals surface area contributed by atoms with Gasteiger partial charge in [-0.25, -0.2) is 9.97 Å². The van der Waals surface area contributed by atoms with Crippen molar-refractivity contribution < 1.29 is 0 Å². The number of rotatable bonds is 5. The lowest BCUT2D eigenvalue weighted by molar-refractivity contribution is 0.800. The largest absolute Gasteiger partial charge is 0.341 e. The number of aryl methyl sites for hydroxylation is 4. The van der Waals surface area contributed by atoms with Crippen LogP contribution in [0.2, 0.25) is 0 Å². The van der Waals surface area contributed by atoms with Crippen molar-refractivity contribution in [2.45, 2.75) is 38.6 Å². The first-order valence-electron chi connectivity index (χ1n) is 12.2. The van der Waals surface area contributed by atoms with Gasteiger partial charge in [0.05, 0.1) is 28.2 Å². The highest BCUT2D eigenvalue weighted by molar-refractivity contribution is 7.98. The number of imidazole rings is 1. The third-order valence-electron chi connectivity index (χ3n) is 6.68. The highest BCUT2D eigenvalue weighted by Gasteiger charge is 2.22. The molecule has 0 saturated carbocycles. The smallest absolute Gasteiger partial charge is 0.278 e. The van der Waals surface area contributed by atoms with Gasteiger partial charge in [0, 0.05) is 0 Å². The van der Waals surface area contributed by atoms with Crippen LogP contribution >= 0.6 is 35.3 Å². The van der Waals surface area contributed by atoms with Crippen LogP contribution in [0.4, 0.5) is 0 Å². The maximum atomic E-state index is 14.2. The minimum absolute atomic E-state index is 0.111. The number of nitrogens with zero attached hydrogens (tertiary/aromatic N) is 4. The van der Waals surface area contributed by atoms with Crippen molar-refractivity contribution in [1.82, 2.24) is 24.1 Å². The molecule has 0 unspecified atom stereocenters. The molecule has 190 valence electrons. The van der Waals surface area contributed by atoms with E-state index in [0.717, 1.165) is 50.5 Å². The van der Waals surface area contributed by atoms with Crippen LogP contribution in [-0.4, -0.2) is 24.1 Å². The lowest BCUT2D eigenvalue weighted by Crippen LogP contribution is -2.23. The van der Waals surface area contributed by atoms with E-state index in [1.807, 2.05) is 66.9 Å². The molecular formula is C29H25N5OS3. The van der Waals surface area contributed by atoms with E-state index in [2.05, 4.69) is 31.0 Å². The molecule has 0 amide bonds. The van der Waals surface area contributed by atoms with Gasteiger partial charge in [0.2, 0.25) is 0 Å². The second kappa shape index (κ2) is 9.65. The van der Waals surface area contributed by atoms with Gasteiger partial charge >= 0.3 is 0 Å². The summed E-state index contributed by atoms with van der Waals surface area (Å²) in [7, 11) is 0. The predicted octanol–water partition coefficient (Wildman–Crippen LogP) is 7.37. The second-order valence-corrected chi connectivity index (χ2v) is 11.9. The number of aromatic nitrogens is 5. The lowest BCUT2D eigenvalue weighted by Gasteiger charge is -2.17. The van der Waals surface area contributed by atoms with Crippen LogP contribution in [-0.2, 0) is 5.75 Å². The molecular weight excluding hydrogens is 531 g/mol. The van der Waals surface area contributed by atoms with Crippen molar-refractivity contribution in [1.29, 1.82) is 0 Å². The molecule has 0 atom stereocenters. The number of thiazole rings is 1. The summed E-state index contributed by atoms with van der Waals surface area (Å²) in [6.07, 6.45) is 0. The number of H-pyrrole nitrogens is 1. The van der Waals surface area contributed by atoms with E-state index in [1.165, 1.54) is 23.1 Å². The van der Waals surface area contributed by atoms with Crippen LogP contribution in [0.25, 0.3) is 32.8 Å². The summed E-state index contributed by atoms with van der Waals surface area (Å²) >= 11 is 8.63. The Kier molecular flexibility index (Phi) is 6.29. The zero-order valence-electron chi connectivity index (χ0n) is 21.4. The fourth-order valence-corrected chi connectivity index (χ4v) is 7.09. The normalized spacial score (nSPS) is 11.6. The van der Waals surface area contributed by atoms with E-state index in [1.54, 1.807) is 4.57 Å². The van der Waals surface area contributed by atoms with Crippen LogP contribution < -0.4 is 5.56 Å². The second-order valence-electron chi connectivity index (χ2n) is 9.36. The average Bonchev–Trinajstić information content (AvgIpc) is 3.45. The van der Waals surface area contributed by atoms with Gasteiger partial charge < -0.3 is 4.98 Å². The molecule has 0 aliphatic rings. The molecule has 3 aromatic carbocycles. The highest BCUT2D eigenvalue weighted by atomic mass is 32.2. The molecule has 0 radical (unpaired) electrons. The van der Waals surface area contributed by atoms with E-state index >= 15 is 0 Å². The molecule has 0 fully saturated rings. The third kappa shape index (κ3) is 4.11. The molecule has 9 heteroatoms. The molecule has 6 aromatic rings. The maximum Gasteiger partial charge on any atom is 0.278 e. The third-order valence-corrected chi connectivity index (χ3v) is 8.98. The van der Waals surface area contributed by atoms with Crippen molar-refractivity contribution in [3.05, 3.63) is 103 Å². The Bertz CT molecular complexity index is 1910. The SMILES string of the molecule is Cc1cccc(C)c1-n1c(SCc2nc3ccccc3[nH]2)nc2c(sc(=S)n2-c2c(C)cccc2C)c1=O. The van der Waals surface area contributed by atoms with Crippen molar-refractivity contribution in [2.75, 3.05) is 0 Å². The Balaban J connectivity index is 1.60. The van der Waals surface area contributed by atoms with Crippen LogP contribution in [0, 0.1) is 31.6 Å². The van der Waals surface area contributed by atoms with Crippen molar-refractivity contribution in [3.8, 4) is 11.4 Å². The van der Waals surface area contributed by atoms with Crippen molar-refractivity contribution >= 4 is 56.7 Å². The Morgan fingerprint density at radius 2 is 1.45 bits per heavy atom. The number of thioether (sulfide) groups is 1. The quantitative estimate of drug-likeness (QED) is 0.137. The van der Waals surface area contributed by atoms with E-state index in [-0.39, 0.29) is 5.56 Å². The number of benzene rings is 3. The van der Waals surface area contributed by atoms with Crippen LogP contribution in [0.5, 0.6) is 0 Å². The molecule has 1 N–H and O–H groups in total.